The van der Waals surface area contributed by atoms with Crippen molar-refractivity contribution in [3.05, 3.63) is 0 Å². The lowest BCUT2D eigenvalue weighted by molar-refractivity contribution is -0.135. The molecule has 0 radical (unpaired) electrons. The van der Waals surface area contributed by atoms with Crippen molar-refractivity contribution < 1.29 is 9.53 Å². The average molecular weight is 296 g/mol. The molecule has 0 atom stereocenters. The highest BCUT2D eigenvalue weighted by Crippen LogP contribution is 2.28. The van der Waals surface area contributed by atoms with E-state index in [2.05, 4.69) is 12.2 Å². The minimum Gasteiger partial charge on any atom is -0.375 e. The Kier molecular flexibility index (Phi) is 6.97. The summed E-state index contributed by atoms with van der Waals surface area (Å²) in [4.78, 5) is 14.1. The van der Waals surface area contributed by atoms with Crippen LogP contribution in [-0.4, -0.2) is 49.7 Å². The van der Waals surface area contributed by atoms with Crippen LogP contribution in [0.25, 0.3) is 0 Å². The Bertz CT molecular complexity index is 306. The van der Waals surface area contributed by atoms with Crippen LogP contribution in [0.3, 0.4) is 0 Å². The number of nitrogens with zero attached hydrogens (tertiary/aromatic N) is 1. The number of ether oxygens (including phenoxy) is 1. The molecule has 4 heteroatoms. The summed E-state index contributed by atoms with van der Waals surface area (Å²) in [6, 6.07) is 0. The zero-order chi connectivity index (χ0) is 15.1. The van der Waals surface area contributed by atoms with Crippen molar-refractivity contribution in [3.63, 3.8) is 0 Å². The van der Waals surface area contributed by atoms with Crippen molar-refractivity contribution in [2.45, 2.75) is 70.5 Å². The van der Waals surface area contributed by atoms with Crippen molar-refractivity contribution in [3.8, 4) is 0 Å². The van der Waals surface area contributed by atoms with Crippen molar-refractivity contribution in [1.29, 1.82) is 0 Å². The molecule has 21 heavy (non-hydrogen) atoms. The summed E-state index contributed by atoms with van der Waals surface area (Å²) in [5, 5.41) is 3.09. The molecule has 2 fully saturated rings. The summed E-state index contributed by atoms with van der Waals surface area (Å²) in [6.45, 7) is 5.03. The van der Waals surface area contributed by atoms with Crippen LogP contribution in [0.1, 0.15) is 58.3 Å². The van der Waals surface area contributed by atoms with Gasteiger partial charge in [-0.2, -0.15) is 0 Å². The summed E-state index contributed by atoms with van der Waals surface area (Å²) in [7, 11) is 1.93. The molecule has 4 nitrogen and oxygen atoms in total. The number of hydrogen-bond acceptors (Lipinski definition) is 3. The topological polar surface area (TPSA) is 41.6 Å². The third-order valence-electron chi connectivity index (χ3n) is 4.96. The molecule has 1 heterocycles. The second-order valence-corrected chi connectivity index (χ2v) is 6.81. The van der Waals surface area contributed by atoms with Crippen molar-refractivity contribution in [1.82, 2.24) is 10.2 Å². The second kappa shape index (κ2) is 8.74. The Labute approximate surface area is 129 Å². The number of hydrogen-bond donors (Lipinski definition) is 1. The van der Waals surface area contributed by atoms with Gasteiger partial charge >= 0.3 is 0 Å². The molecule has 0 unspecified atom stereocenters. The van der Waals surface area contributed by atoms with Gasteiger partial charge in [-0.1, -0.05) is 6.92 Å². The Morgan fingerprint density at radius 2 is 1.71 bits per heavy atom. The van der Waals surface area contributed by atoms with Gasteiger partial charge in [0.15, 0.2) is 0 Å². The van der Waals surface area contributed by atoms with Gasteiger partial charge in [-0.05, 0) is 64.5 Å². The van der Waals surface area contributed by atoms with Crippen molar-refractivity contribution >= 4 is 5.91 Å². The third kappa shape index (κ3) is 5.59. The number of amides is 1. The van der Waals surface area contributed by atoms with E-state index in [1.165, 1.54) is 25.7 Å². The molecule has 0 bridgehead atoms. The highest BCUT2D eigenvalue weighted by atomic mass is 16.5. The quantitative estimate of drug-likeness (QED) is 0.766. The summed E-state index contributed by atoms with van der Waals surface area (Å²) in [5.41, 5.74) is 0. The Morgan fingerprint density at radius 1 is 1.10 bits per heavy atom. The summed E-state index contributed by atoms with van der Waals surface area (Å²) >= 11 is 0. The zero-order valence-electron chi connectivity index (χ0n) is 13.8. The SMILES string of the molecule is CNCCCC(=O)N1CCC(OC2CCC(C)CC2)CC1. The van der Waals surface area contributed by atoms with E-state index in [1.54, 1.807) is 0 Å². The molecule has 1 aliphatic carbocycles. The first-order chi connectivity index (χ1) is 10.2. The molecule has 2 aliphatic rings. The monoisotopic (exact) mass is 296 g/mol. The predicted octanol–water partition coefficient (Wildman–Crippen LogP) is 2.57. The largest absolute Gasteiger partial charge is 0.375 e. The molecule has 1 amide bonds. The number of carbonyl (C=O) groups excluding carboxylic acids is 1. The Hall–Kier alpha value is -0.610. The Balaban J connectivity index is 1.62. The lowest BCUT2D eigenvalue weighted by Gasteiger charge is -2.35. The number of carbonyl (C=O) groups is 1. The number of piperidine rings is 1. The molecule has 1 aliphatic heterocycles. The van der Waals surface area contributed by atoms with Gasteiger partial charge in [-0.3, -0.25) is 4.79 Å². The van der Waals surface area contributed by atoms with Crippen LogP contribution in [-0.2, 0) is 9.53 Å². The average Bonchev–Trinajstić information content (AvgIpc) is 2.50. The minimum absolute atomic E-state index is 0.315. The highest BCUT2D eigenvalue weighted by Gasteiger charge is 2.26. The fourth-order valence-electron chi connectivity index (χ4n) is 3.45. The van der Waals surface area contributed by atoms with Crippen LogP contribution in [0.4, 0.5) is 0 Å². The van der Waals surface area contributed by atoms with Gasteiger partial charge in [0.2, 0.25) is 5.91 Å². The smallest absolute Gasteiger partial charge is 0.222 e. The Morgan fingerprint density at radius 3 is 2.33 bits per heavy atom. The maximum absolute atomic E-state index is 12.1. The van der Waals surface area contributed by atoms with E-state index in [1.807, 2.05) is 11.9 Å². The standard InChI is InChI=1S/C17H32N2O2/c1-14-5-7-15(8-6-14)21-16-9-12-19(13-10-16)17(20)4-3-11-18-2/h14-16,18H,3-13H2,1-2H3. The van der Waals surface area contributed by atoms with Crippen LogP contribution in [0, 0.1) is 5.92 Å². The van der Waals surface area contributed by atoms with E-state index in [0.29, 0.717) is 24.5 Å². The van der Waals surface area contributed by atoms with Gasteiger partial charge in [0, 0.05) is 19.5 Å². The first-order valence-electron chi connectivity index (χ1n) is 8.77. The third-order valence-corrected chi connectivity index (χ3v) is 4.96. The molecular weight excluding hydrogens is 264 g/mol. The maximum Gasteiger partial charge on any atom is 0.222 e. The molecule has 122 valence electrons. The van der Waals surface area contributed by atoms with E-state index in [9.17, 15) is 4.79 Å². The summed E-state index contributed by atoms with van der Waals surface area (Å²) < 4.78 is 6.26. The van der Waals surface area contributed by atoms with Gasteiger partial charge in [0.25, 0.3) is 0 Å². The van der Waals surface area contributed by atoms with E-state index in [4.69, 9.17) is 4.74 Å². The van der Waals surface area contributed by atoms with Gasteiger partial charge in [0.05, 0.1) is 12.2 Å². The minimum atomic E-state index is 0.315. The maximum atomic E-state index is 12.1. The van der Waals surface area contributed by atoms with Crippen molar-refractivity contribution in [2.75, 3.05) is 26.7 Å². The van der Waals surface area contributed by atoms with E-state index in [-0.39, 0.29) is 0 Å². The molecule has 0 aromatic rings. The van der Waals surface area contributed by atoms with Gasteiger partial charge in [0.1, 0.15) is 0 Å². The normalized spacial score (nSPS) is 27.8. The molecule has 0 aromatic heterocycles. The lowest BCUT2D eigenvalue weighted by Crippen LogP contribution is -2.42. The number of nitrogens with one attached hydrogen (secondary N) is 1. The molecule has 0 aromatic carbocycles. The lowest BCUT2D eigenvalue weighted by atomic mass is 9.88. The molecular formula is C17H32N2O2. The van der Waals surface area contributed by atoms with Crippen LogP contribution in [0.5, 0.6) is 0 Å². The van der Waals surface area contributed by atoms with Gasteiger partial charge in [-0.15, -0.1) is 0 Å². The fraction of sp³-hybridized carbons (Fsp3) is 0.941. The second-order valence-electron chi connectivity index (χ2n) is 6.81. The van der Waals surface area contributed by atoms with E-state index < -0.39 is 0 Å². The van der Waals surface area contributed by atoms with Crippen molar-refractivity contribution in [2.24, 2.45) is 5.92 Å². The summed E-state index contributed by atoms with van der Waals surface area (Å²) in [6.07, 6.45) is 9.58. The zero-order valence-corrected chi connectivity index (χ0v) is 13.8. The fourth-order valence-corrected chi connectivity index (χ4v) is 3.45. The first kappa shape index (κ1) is 16.8. The van der Waals surface area contributed by atoms with Crippen LogP contribution in [0.2, 0.25) is 0 Å². The predicted molar refractivity (Wildman–Crippen MR) is 85.3 cm³/mol. The molecule has 0 spiro atoms. The van der Waals surface area contributed by atoms with E-state index in [0.717, 1.165) is 44.8 Å². The molecule has 2 rings (SSSR count). The van der Waals surface area contributed by atoms with Crippen LogP contribution >= 0.6 is 0 Å². The first-order valence-corrected chi connectivity index (χ1v) is 8.77. The number of rotatable bonds is 6. The van der Waals surface area contributed by atoms with Gasteiger partial charge < -0.3 is 15.0 Å². The molecule has 1 N–H and O–H groups in total. The summed E-state index contributed by atoms with van der Waals surface area (Å²) in [5.74, 6) is 1.19. The van der Waals surface area contributed by atoms with Gasteiger partial charge in [-0.25, -0.2) is 0 Å². The molecule has 1 saturated carbocycles. The van der Waals surface area contributed by atoms with Crippen LogP contribution in [0.15, 0.2) is 0 Å². The van der Waals surface area contributed by atoms with E-state index >= 15 is 0 Å². The molecule has 1 saturated heterocycles. The number of likely N-dealkylation sites (tertiary alicyclic amines) is 1. The highest BCUT2D eigenvalue weighted by molar-refractivity contribution is 5.76. The van der Waals surface area contributed by atoms with Crippen LogP contribution < -0.4 is 5.32 Å².